The van der Waals surface area contributed by atoms with E-state index in [1.807, 2.05) is 0 Å². The van der Waals surface area contributed by atoms with Gasteiger partial charge in [-0.15, -0.1) is 0 Å². The first kappa shape index (κ1) is 15.7. The third kappa shape index (κ3) is 4.16. The molecule has 0 aromatic carbocycles. The number of anilines is 1. The molecule has 1 aromatic rings. The summed E-state index contributed by atoms with van der Waals surface area (Å²) in [7, 11) is -3.11. The van der Waals surface area contributed by atoms with Crippen LogP contribution in [-0.2, 0) is 10.0 Å². The van der Waals surface area contributed by atoms with Crippen LogP contribution in [0.15, 0.2) is 18.3 Å². The molecule has 0 saturated carbocycles. The van der Waals surface area contributed by atoms with Gasteiger partial charge in [0.05, 0.1) is 11.3 Å². The molecule has 114 valence electrons. The standard InChI is InChI=1S/C14H20N4O2S/c1-2-21(19,20)17-11-12-5-8-18(9-6-12)14-13(10-15)4-3-7-16-14/h3-4,7,12,17H,2,5-6,8-9,11H2,1H3. The van der Waals surface area contributed by atoms with Gasteiger partial charge in [-0.1, -0.05) is 0 Å². The normalized spacial score (nSPS) is 16.7. The number of nitriles is 1. The van der Waals surface area contributed by atoms with Crippen molar-refractivity contribution in [3.8, 4) is 6.07 Å². The van der Waals surface area contributed by atoms with E-state index in [2.05, 4.69) is 20.7 Å². The average Bonchev–Trinajstić information content (AvgIpc) is 2.53. The van der Waals surface area contributed by atoms with Gasteiger partial charge in [-0.3, -0.25) is 0 Å². The minimum absolute atomic E-state index is 0.116. The van der Waals surface area contributed by atoms with Crippen LogP contribution in [0.2, 0.25) is 0 Å². The lowest BCUT2D eigenvalue weighted by Gasteiger charge is -2.33. The molecular weight excluding hydrogens is 288 g/mol. The summed E-state index contributed by atoms with van der Waals surface area (Å²) in [6.45, 7) is 3.72. The van der Waals surface area contributed by atoms with E-state index in [-0.39, 0.29) is 5.75 Å². The Morgan fingerprint density at radius 1 is 1.48 bits per heavy atom. The van der Waals surface area contributed by atoms with Gasteiger partial charge in [0, 0.05) is 25.8 Å². The van der Waals surface area contributed by atoms with E-state index in [9.17, 15) is 8.42 Å². The van der Waals surface area contributed by atoms with Gasteiger partial charge in [0.25, 0.3) is 0 Å². The zero-order valence-electron chi connectivity index (χ0n) is 12.1. The Morgan fingerprint density at radius 3 is 2.81 bits per heavy atom. The third-order valence-electron chi connectivity index (χ3n) is 3.79. The molecule has 6 nitrogen and oxygen atoms in total. The van der Waals surface area contributed by atoms with E-state index >= 15 is 0 Å². The molecule has 2 heterocycles. The highest BCUT2D eigenvalue weighted by Crippen LogP contribution is 2.23. The summed E-state index contributed by atoms with van der Waals surface area (Å²) in [4.78, 5) is 6.39. The molecule has 0 radical (unpaired) electrons. The molecule has 21 heavy (non-hydrogen) atoms. The Balaban J connectivity index is 1.90. The minimum atomic E-state index is -3.11. The molecule has 0 aliphatic carbocycles. The van der Waals surface area contributed by atoms with Crippen molar-refractivity contribution in [2.45, 2.75) is 19.8 Å². The Hall–Kier alpha value is -1.65. The molecule has 0 spiro atoms. The number of nitrogens with one attached hydrogen (secondary N) is 1. The van der Waals surface area contributed by atoms with Gasteiger partial charge in [0.1, 0.15) is 11.9 Å². The summed E-state index contributed by atoms with van der Waals surface area (Å²) >= 11 is 0. The van der Waals surface area contributed by atoms with Gasteiger partial charge in [0.15, 0.2) is 0 Å². The molecule has 0 unspecified atom stereocenters. The predicted octanol–water partition coefficient (Wildman–Crippen LogP) is 1.11. The van der Waals surface area contributed by atoms with Gasteiger partial charge in [-0.2, -0.15) is 5.26 Å². The molecule has 0 atom stereocenters. The monoisotopic (exact) mass is 308 g/mol. The van der Waals surface area contributed by atoms with Crippen LogP contribution in [0, 0.1) is 17.2 Å². The van der Waals surface area contributed by atoms with Crippen LogP contribution >= 0.6 is 0 Å². The lowest BCUT2D eigenvalue weighted by atomic mass is 9.97. The van der Waals surface area contributed by atoms with Gasteiger partial charge in [0.2, 0.25) is 10.0 Å². The Morgan fingerprint density at radius 2 is 2.19 bits per heavy atom. The van der Waals surface area contributed by atoms with Gasteiger partial charge >= 0.3 is 0 Å². The zero-order valence-corrected chi connectivity index (χ0v) is 12.9. The Kier molecular flexibility index (Phi) is 5.15. The number of hydrogen-bond acceptors (Lipinski definition) is 5. The van der Waals surface area contributed by atoms with E-state index in [1.165, 1.54) is 0 Å². The van der Waals surface area contributed by atoms with Crippen molar-refractivity contribution in [3.63, 3.8) is 0 Å². The summed E-state index contributed by atoms with van der Waals surface area (Å²) in [6.07, 6.45) is 3.49. The topological polar surface area (TPSA) is 86.1 Å². The SMILES string of the molecule is CCS(=O)(=O)NCC1CCN(c2ncccc2C#N)CC1. The first-order valence-electron chi connectivity index (χ1n) is 7.13. The van der Waals surface area contributed by atoms with Crippen LogP contribution in [0.3, 0.4) is 0 Å². The molecule has 1 fully saturated rings. The molecule has 7 heteroatoms. The van der Waals surface area contributed by atoms with Gasteiger partial charge in [-0.05, 0) is 37.8 Å². The number of nitrogens with zero attached hydrogens (tertiary/aromatic N) is 3. The second-order valence-electron chi connectivity index (χ2n) is 5.17. The van der Waals surface area contributed by atoms with E-state index < -0.39 is 10.0 Å². The summed E-state index contributed by atoms with van der Waals surface area (Å²) in [5.74, 6) is 1.19. The van der Waals surface area contributed by atoms with Crippen LogP contribution in [0.5, 0.6) is 0 Å². The second kappa shape index (κ2) is 6.87. The minimum Gasteiger partial charge on any atom is -0.356 e. The maximum atomic E-state index is 11.4. The molecule has 0 bridgehead atoms. The molecule has 1 aliphatic rings. The van der Waals surface area contributed by atoms with Crippen LogP contribution in [0.1, 0.15) is 25.3 Å². The Bertz CT molecular complexity index is 616. The fraction of sp³-hybridized carbons (Fsp3) is 0.571. The molecule has 1 saturated heterocycles. The third-order valence-corrected chi connectivity index (χ3v) is 5.16. The van der Waals surface area contributed by atoms with Crippen molar-refractivity contribution in [2.24, 2.45) is 5.92 Å². The van der Waals surface area contributed by atoms with Gasteiger partial charge in [-0.25, -0.2) is 18.1 Å². The number of sulfonamides is 1. The van der Waals surface area contributed by atoms with E-state index in [4.69, 9.17) is 5.26 Å². The zero-order chi connectivity index (χ0) is 15.3. The van der Waals surface area contributed by atoms with Crippen molar-refractivity contribution in [1.82, 2.24) is 9.71 Å². The highest BCUT2D eigenvalue weighted by atomic mass is 32.2. The molecule has 1 aliphatic heterocycles. The number of aromatic nitrogens is 1. The lowest BCUT2D eigenvalue weighted by Crippen LogP contribution is -2.39. The van der Waals surface area contributed by atoms with Crippen molar-refractivity contribution in [1.29, 1.82) is 5.26 Å². The number of hydrogen-bond donors (Lipinski definition) is 1. The van der Waals surface area contributed by atoms with E-state index in [0.29, 0.717) is 18.0 Å². The average molecular weight is 308 g/mol. The maximum absolute atomic E-state index is 11.4. The number of rotatable bonds is 5. The molecule has 0 amide bonds. The lowest BCUT2D eigenvalue weighted by molar-refractivity contribution is 0.400. The van der Waals surface area contributed by atoms with Crippen LogP contribution < -0.4 is 9.62 Å². The van der Waals surface area contributed by atoms with Crippen molar-refractivity contribution in [2.75, 3.05) is 30.3 Å². The smallest absolute Gasteiger partial charge is 0.211 e. The number of piperidine rings is 1. The maximum Gasteiger partial charge on any atom is 0.211 e. The summed E-state index contributed by atoms with van der Waals surface area (Å²) in [5.41, 5.74) is 0.586. The van der Waals surface area contributed by atoms with E-state index in [0.717, 1.165) is 31.7 Å². The predicted molar refractivity (Wildman–Crippen MR) is 81.4 cm³/mol. The summed E-state index contributed by atoms with van der Waals surface area (Å²) in [6, 6.07) is 5.69. The summed E-state index contributed by atoms with van der Waals surface area (Å²) < 4.78 is 25.5. The molecular formula is C14H20N4O2S. The van der Waals surface area contributed by atoms with Crippen molar-refractivity contribution in [3.05, 3.63) is 23.9 Å². The van der Waals surface area contributed by atoms with Crippen molar-refractivity contribution < 1.29 is 8.42 Å². The fourth-order valence-electron chi connectivity index (χ4n) is 2.43. The number of pyridine rings is 1. The quantitative estimate of drug-likeness (QED) is 0.880. The highest BCUT2D eigenvalue weighted by Gasteiger charge is 2.22. The molecule has 2 rings (SSSR count). The fourth-order valence-corrected chi connectivity index (χ4v) is 3.13. The summed E-state index contributed by atoms with van der Waals surface area (Å²) in [5, 5.41) is 9.11. The first-order chi connectivity index (χ1) is 10.1. The first-order valence-corrected chi connectivity index (χ1v) is 8.78. The van der Waals surface area contributed by atoms with E-state index in [1.54, 1.807) is 25.3 Å². The van der Waals surface area contributed by atoms with Crippen LogP contribution in [0.25, 0.3) is 0 Å². The van der Waals surface area contributed by atoms with Crippen LogP contribution in [-0.4, -0.2) is 38.8 Å². The highest BCUT2D eigenvalue weighted by molar-refractivity contribution is 7.89. The largest absolute Gasteiger partial charge is 0.356 e. The second-order valence-corrected chi connectivity index (χ2v) is 7.26. The van der Waals surface area contributed by atoms with Crippen molar-refractivity contribution >= 4 is 15.8 Å². The molecule has 1 aromatic heterocycles. The van der Waals surface area contributed by atoms with Crippen LogP contribution in [0.4, 0.5) is 5.82 Å². The van der Waals surface area contributed by atoms with Gasteiger partial charge < -0.3 is 4.90 Å². The Labute approximate surface area is 125 Å². The molecule has 1 N–H and O–H groups in total.